The minimum Gasteiger partial charge on any atom is -0.455 e. The van der Waals surface area contributed by atoms with Gasteiger partial charge in [-0.3, -0.25) is 0 Å². The molecular formula is C51H32N4O. The summed E-state index contributed by atoms with van der Waals surface area (Å²) in [5.41, 5.74) is 0.635. The van der Waals surface area contributed by atoms with Crippen molar-refractivity contribution < 1.29 is 26.3 Å². The molecule has 0 fully saturated rings. The van der Waals surface area contributed by atoms with Crippen LogP contribution in [0.2, 0.25) is 0 Å². The Bertz CT molecular complexity index is 4120. The highest BCUT2D eigenvalue weighted by molar-refractivity contribution is 6.13. The van der Waals surface area contributed by atoms with Crippen LogP contribution in [-0.2, 0) is 0 Å². The number of hydrogen-bond donors (Lipinski definition) is 0. The van der Waals surface area contributed by atoms with Crippen molar-refractivity contribution in [3.63, 3.8) is 0 Å². The molecule has 11 rings (SSSR count). The van der Waals surface area contributed by atoms with Crippen LogP contribution in [-0.4, -0.2) is 19.5 Å². The SMILES string of the molecule is [2H]c1c([2H])c([2H])c(-c2c([2H])c([2H])c(-n3c4c([2H])c([2H])c([2H])c([2H])c4c4c([2H])c([2H])c([2H])c(-c5nc(-c6ccc(-c7ccccc7)cc6)nc(-c6cccc7c6oc6ccccc67)n5)c43)c([2H])c2[2H])c([2H])c1[2H]. The summed E-state index contributed by atoms with van der Waals surface area (Å²) in [6.07, 6.45) is 0. The molecule has 0 N–H and O–H groups in total. The Morgan fingerprint density at radius 1 is 0.411 bits per heavy atom. The lowest BCUT2D eigenvalue weighted by Crippen LogP contribution is -2.02. The first-order valence-electron chi connectivity index (χ1n) is 25.5. The normalized spacial score (nSPS) is 15.6. The van der Waals surface area contributed by atoms with Gasteiger partial charge < -0.3 is 8.98 Å². The van der Waals surface area contributed by atoms with Gasteiger partial charge in [0.2, 0.25) is 0 Å². The van der Waals surface area contributed by atoms with Gasteiger partial charge >= 0.3 is 0 Å². The highest BCUT2D eigenvalue weighted by Crippen LogP contribution is 2.40. The van der Waals surface area contributed by atoms with Crippen molar-refractivity contribution in [3.05, 3.63) is 194 Å². The highest BCUT2D eigenvalue weighted by Gasteiger charge is 2.22. The Labute approximate surface area is 345 Å². The van der Waals surface area contributed by atoms with Crippen LogP contribution < -0.4 is 0 Å². The van der Waals surface area contributed by atoms with Gasteiger partial charge in [-0.15, -0.1) is 0 Å². The van der Waals surface area contributed by atoms with Crippen molar-refractivity contribution in [2.24, 2.45) is 0 Å². The van der Waals surface area contributed by atoms with E-state index in [1.165, 1.54) is 0 Å². The number of nitrogens with zero attached hydrogens (tertiary/aromatic N) is 4. The van der Waals surface area contributed by atoms with Gasteiger partial charge in [0.25, 0.3) is 0 Å². The second kappa shape index (κ2) is 13.0. The van der Waals surface area contributed by atoms with E-state index >= 15 is 0 Å². The number of fused-ring (bicyclic) bond motifs is 6. The Balaban J connectivity index is 1.29. The molecule has 11 aromatic rings. The van der Waals surface area contributed by atoms with Crippen LogP contribution in [0.15, 0.2) is 198 Å². The molecule has 0 saturated carbocycles. The third-order valence-corrected chi connectivity index (χ3v) is 9.55. The summed E-state index contributed by atoms with van der Waals surface area (Å²) in [7, 11) is 0. The maximum atomic E-state index is 9.63. The van der Waals surface area contributed by atoms with Crippen molar-refractivity contribution in [2.45, 2.75) is 0 Å². The molecule has 0 unspecified atom stereocenters. The van der Waals surface area contributed by atoms with E-state index in [-0.39, 0.29) is 39.3 Å². The topological polar surface area (TPSA) is 56.7 Å². The third kappa shape index (κ3) is 5.29. The van der Waals surface area contributed by atoms with E-state index in [1.54, 1.807) is 24.3 Å². The zero-order valence-corrected chi connectivity index (χ0v) is 28.9. The maximum Gasteiger partial charge on any atom is 0.167 e. The van der Waals surface area contributed by atoms with Gasteiger partial charge in [0.1, 0.15) is 11.2 Å². The molecular weight excluding hydrogens is 685 g/mol. The molecule has 0 aliphatic rings. The maximum absolute atomic E-state index is 9.63. The molecule has 0 spiro atoms. The first-order valence-corrected chi connectivity index (χ1v) is 17.5. The predicted octanol–water partition coefficient (Wildman–Crippen LogP) is 13.2. The first-order chi connectivity index (χ1) is 34.4. The smallest absolute Gasteiger partial charge is 0.167 e. The highest BCUT2D eigenvalue weighted by atomic mass is 16.3. The number of rotatable bonds is 6. The molecule has 0 radical (unpaired) electrons. The van der Waals surface area contributed by atoms with E-state index in [0.29, 0.717) is 22.3 Å². The molecule has 3 aromatic heterocycles. The fourth-order valence-corrected chi connectivity index (χ4v) is 6.98. The van der Waals surface area contributed by atoms with E-state index < -0.39 is 119 Å². The largest absolute Gasteiger partial charge is 0.455 e. The van der Waals surface area contributed by atoms with E-state index in [2.05, 4.69) is 0 Å². The summed E-state index contributed by atoms with van der Waals surface area (Å²) in [5, 5.41) is 0.866. The van der Waals surface area contributed by atoms with Crippen LogP contribution in [0.1, 0.15) is 21.9 Å². The van der Waals surface area contributed by atoms with Gasteiger partial charge in [0.15, 0.2) is 17.5 Å². The first kappa shape index (κ1) is 19.6. The number of hydrogen-bond acceptors (Lipinski definition) is 4. The summed E-state index contributed by atoms with van der Waals surface area (Å²) >= 11 is 0. The molecule has 262 valence electrons. The molecule has 0 amide bonds. The molecule has 5 nitrogen and oxygen atoms in total. The van der Waals surface area contributed by atoms with Gasteiger partial charge in [0, 0.05) is 38.4 Å². The fraction of sp³-hybridized carbons (Fsp3) is 0. The van der Waals surface area contributed by atoms with Crippen molar-refractivity contribution in [3.8, 4) is 62.1 Å². The standard InChI is InChI=1S/C51H32N4O/c1-3-13-33(14-4-1)35-25-27-37(28-26-35)49-52-50(54-51(53-49)44-22-12-20-42-40-18-8-10-24-46(40)56-48(42)44)43-21-11-19-41-39-17-7-9-23-45(39)55(47(41)43)38-31-29-36(30-32-38)34-15-5-2-6-16-34/h1-32H/i2D,5D,6D,7D,9D,11D,15D,16D,17D,19D,21D,23D,29D,30D,31D,32D. The Morgan fingerprint density at radius 3 is 1.89 bits per heavy atom. The Hall–Kier alpha value is -7.63. The van der Waals surface area contributed by atoms with Crippen molar-refractivity contribution in [2.75, 3.05) is 0 Å². The number of para-hydroxylation sites is 4. The lowest BCUT2D eigenvalue weighted by atomic mass is 10.0. The van der Waals surface area contributed by atoms with Crippen LogP contribution in [0.25, 0.3) is 106 Å². The second-order valence-corrected chi connectivity index (χ2v) is 12.8. The molecule has 0 aliphatic heterocycles. The van der Waals surface area contributed by atoms with Gasteiger partial charge in [0.05, 0.1) is 38.5 Å². The third-order valence-electron chi connectivity index (χ3n) is 9.55. The van der Waals surface area contributed by atoms with Crippen LogP contribution in [0, 0.1) is 0 Å². The van der Waals surface area contributed by atoms with Crippen LogP contribution in [0.3, 0.4) is 0 Å². The number of benzene rings is 8. The molecule has 0 aliphatic carbocycles. The van der Waals surface area contributed by atoms with E-state index in [1.807, 2.05) is 72.8 Å². The quantitative estimate of drug-likeness (QED) is 0.171. The van der Waals surface area contributed by atoms with E-state index in [4.69, 9.17) is 29.0 Å². The molecule has 0 saturated heterocycles. The van der Waals surface area contributed by atoms with Gasteiger partial charge in [-0.25, -0.2) is 15.0 Å². The predicted molar refractivity (Wildman–Crippen MR) is 229 cm³/mol. The number of furan rings is 1. The number of aromatic nitrogens is 4. The average Bonchev–Trinajstić information content (AvgIpc) is 3.95. The van der Waals surface area contributed by atoms with Crippen LogP contribution in [0.4, 0.5) is 0 Å². The van der Waals surface area contributed by atoms with Gasteiger partial charge in [-0.1, -0.05) is 157 Å². The van der Waals surface area contributed by atoms with Crippen LogP contribution in [0.5, 0.6) is 0 Å². The van der Waals surface area contributed by atoms with Crippen LogP contribution >= 0.6 is 0 Å². The van der Waals surface area contributed by atoms with Crippen molar-refractivity contribution in [1.82, 2.24) is 19.5 Å². The average molecular weight is 733 g/mol. The van der Waals surface area contributed by atoms with E-state index in [9.17, 15) is 12.3 Å². The van der Waals surface area contributed by atoms with Gasteiger partial charge in [-0.2, -0.15) is 0 Å². The molecule has 56 heavy (non-hydrogen) atoms. The lowest BCUT2D eigenvalue weighted by Gasteiger charge is -2.13. The summed E-state index contributed by atoms with van der Waals surface area (Å²) < 4.78 is 151. The zero-order valence-electron chi connectivity index (χ0n) is 44.9. The molecule has 5 heteroatoms. The lowest BCUT2D eigenvalue weighted by molar-refractivity contribution is 0.669. The minimum absolute atomic E-state index is 0.0277. The molecule has 0 atom stereocenters. The fourth-order valence-electron chi connectivity index (χ4n) is 6.98. The molecule has 0 bridgehead atoms. The Kier molecular flexibility index (Phi) is 4.57. The Morgan fingerprint density at radius 2 is 1.05 bits per heavy atom. The molecule has 8 aromatic carbocycles. The van der Waals surface area contributed by atoms with Crippen molar-refractivity contribution in [1.29, 1.82) is 0 Å². The zero-order chi connectivity index (χ0) is 50.9. The summed E-state index contributed by atoms with van der Waals surface area (Å²) in [5.74, 6) is -0.208. The van der Waals surface area contributed by atoms with E-state index in [0.717, 1.165) is 26.5 Å². The molecule has 3 heterocycles. The minimum atomic E-state index is -0.880. The summed E-state index contributed by atoms with van der Waals surface area (Å²) in [4.78, 5) is 14.8. The monoisotopic (exact) mass is 732 g/mol. The summed E-state index contributed by atoms with van der Waals surface area (Å²) in [6.45, 7) is 0. The van der Waals surface area contributed by atoms with Gasteiger partial charge in [-0.05, 0) is 58.6 Å². The second-order valence-electron chi connectivity index (χ2n) is 12.8. The van der Waals surface area contributed by atoms with Crippen molar-refractivity contribution >= 4 is 43.7 Å². The summed E-state index contributed by atoms with van der Waals surface area (Å²) in [6, 6.07) is 17.4.